The minimum atomic E-state index is -0.119. The number of imidazole rings is 1. The summed E-state index contributed by atoms with van der Waals surface area (Å²) >= 11 is 6.23. The van der Waals surface area contributed by atoms with Gasteiger partial charge in [-0.05, 0) is 50.1 Å². The number of carbonyl (C=O) groups is 1. The van der Waals surface area contributed by atoms with Crippen LogP contribution in [0, 0.1) is 13.8 Å². The van der Waals surface area contributed by atoms with Crippen LogP contribution in [0.1, 0.15) is 45.8 Å². The second-order valence-corrected chi connectivity index (χ2v) is 9.45. The molecule has 0 bridgehead atoms. The number of fused-ring (bicyclic) bond motifs is 1. The first kappa shape index (κ1) is 23.7. The minimum absolute atomic E-state index is 0.0825. The highest BCUT2D eigenvalue weighted by Crippen LogP contribution is 2.31. The molecule has 0 saturated heterocycles. The maximum Gasteiger partial charge on any atom is 0.196 e. The molecule has 0 spiro atoms. The normalized spacial score (nSPS) is 12.0. The zero-order valence-corrected chi connectivity index (χ0v) is 21.1. The number of halogens is 1. The van der Waals surface area contributed by atoms with Gasteiger partial charge in [-0.3, -0.25) is 4.79 Å². The van der Waals surface area contributed by atoms with Gasteiger partial charge in [0.1, 0.15) is 11.3 Å². The summed E-state index contributed by atoms with van der Waals surface area (Å²) < 4.78 is 2.12. The summed E-state index contributed by atoms with van der Waals surface area (Å²) in [6.45, 7) is 6.73. The first-order valence-corrected chi connectivity index (χ1v) is 12.2. The molecule has 0 aliphatic rings. The number of anilines is 1. The van der Waals surface area contributed by atoms with Crippen molar-refractivity contribution in [3.8, 4) is 11.4 Å². The maximum absolute atomic E-state index is 11.7. The van der Waals surface area contributed by atoms with Crippen molar-refractivity contribution in [3.63, 3.8) is 0 Å². The third-order valence-corrected chi connectivity index (χ3v) is 6.40. The van der Waals surface area contributed by atoms with E-state index in [0.717, 1.165) is 33.6 Å². The number of carbonyl (C=O) groups excluding carboxylic acids is 1. The van der Waals surface area contributed by atoms with Crippen LogP contribution in [0.5, 0.6) is 0 Å². The Morgan fingerprint density at radius 2 is 1.72 bits per heavy atom. The van der Waals surface area contributed by atoms with Gasteiger partial charge in [-0.1, -0.05) is 77.3 Å². The van der Waals surface area contributed by atoms with Gasteiger partial charge in [0.2, 0.25) is 0 Å². The number of hydrogen-bond donors (Lipinski definition) is 1. The molecule has 0 aliphatic carbocycles. The van der Waals surface area contributed by atoms with Crippen LogP contribution in [0.3, 0.4) is 0 Å². The topological polar surface area (TPSA) is 72.7 Å². The second-order valence-electron chi connectivity index (χ2n) is 9.02. The fourth-order valence-electron chi connectivity index (χ4n) is 4.31. The molecule has 180 valence electrons. The molecule has 5 rings (SSSR count). The molecule has 6 nitrogen and oxygen atoms in total. The van der Waals surface area contributed by atoms with Gasteiger partial charge in [0.25, 0.3) is 0 Å². The SMILES string of the molecule is Cc1ccc(Cn2c(-c3cccc(C)c3)nc3nc(C=O)nc(N[C@H](C)c4cccc(Cl)c4)c32)cc1. The summed E-state index contributed by atoms with van der Waals surface area (Å²) in [4.78, 5) is 25.6. The number of rotatable bonds is 7. The molecule has 0 aliphatic heterocycles. The molecule has 0 unspecified atom stereocenters. The Bertz CT molecular complexity index is 1560. The van der Waals surface area contributed by atoms with Crippen LogP contribution in [-0.4, -0.2) is 25.8 Å². The average Bonchev–Trinajstić information content (AvgIpc) is 3.23. The van der Waals surface area contributed by atoms with Crippen LogP contribution in [0.25, 0.3) is 22.6 Å². The number of benzene rings is 3. The van der Waals surface area contributed by atoms with Crippen molar-refractivity contribution in [3.05, 3.63) is 106 Å². The van der Waals surface area contributed by atoms with Crippen molar-refractivity contribution >= 4 is 34.9 Å². The summed E-state index contributed by atoms with van der Waals surface area (Å²) in [5, 5.41) is 4.15. The molecule has 1 atom stereocenters. The maximum atomic E-state index is 11.7. The van der Waals surface area contributed by atoms with Gasteiger partial charge in [-0.25, -0.2) is 15.0 Å². The highest BCUT2D eigenvalue weighted by atomic mass is 35.5. The Balaban J connectivity index is 1.70. The molecule has 7 heteroatoms. The van der Waals surface area contributed by atoms with E-state index in [-0.39, 0.29) is 11.9 Å². The van der Waals surface area contributed by atoms with E-state index in [1.165, 1.54) is 5.56 Å². The zero-order chi connectivity index (χ0) is 25.2. The Morgan fingerprint density at radius 3 is 2.44 bits per heavy atom. The van der Waals surface area contributed by atoms with Crippen molar-refractivity contribution in [1.82, 2.24) is 19.5 Å². The number of aryl methyl sites for hydroxylation is 2. The molecule has 2 heterocycles. The fraction of sp³-hybridized carbons (Fsp3) is 0.172. The van der Waals surface area contributed by atoms with Gasteiger partial charge < -0.3 is 9.88 Å². The number of aromatic nitrogens is 4. The minimum Gasteiger partial charge on any atom is -0.362 e. The van der Waals surface area contributed by atoms with Crippen LogP contribution < -0.4 is 5.32 Å². The first-order valence-electron chi connectivity index (χ1n) is 11.8. The van der Waals surface area contributed by atoms with E-state index in [0.29, 0.717) is 29.3 Å². The first-order chi connectivity index (χ1) is 17.4. The molecule has 36 heavy (non-hydrogen) atoms. The number of hydrogen-bond acceptors (Lipinski definition) is 5. The van der Waals surface area contributed by atoms with Crippen LogP contribution in [0.4, 0.5) is 5.82 Å². The van der Waals surface area contributed by atoms with Crippen molar-refractivity contribution in [1.29, 1.82) is 0 Å². The fourth-order valence-corrected chi connectivity index (χ4v) is 4.50. The Morgan fingerprint density at radius 1 is 0.944 bits per heavy atom. The highest BCUT2D eigenvalue weighted by molar-refractivity contribution is 6.30. The summed E-state index contributed by atoms with van der Waals surface area (Å²) in [6.07, 6.45) is 0.653. The monoisotopic (exact) mass is 495 g/mol. The van der Waals surface area contributed by atoms with Gasteiger partial charge in [0.15, 0.2) is 23.6 Å². The summed E-state index contributed by atoms with van der Waals surface area (Å²) in [5.74, 6) is 1.40. The van der Waals surface area contributed by atoms with E-state index in [2.05, 4.69) is 70.1 Å². The Kier molecular flexibility index (Phi) is 6.53. The van der Waals surface area contributed by atoms with Gasteiger partial charge in [0.05, 0.1) is 6.04 Å². The Labute approximate surface area is 215 Å². The van der Waals surface area contributed by atoms with E-state index in [9.17, 15) is 4.79 Å². The number of aldehydes is 1. The Hall–Kier alpha value is -4.03. The lowest BCUT2D eigenvalue weighted by Gasteiger charge is -2.18. The molecular formula is C29H26ClN5O. The van der Waals surface area contributed by atoms with Crippen molar-refractivity contribution in [2.45, 2.75) is 33.4 Å². The summed E-state index contributed by atoms with van der Waals surface area (Å²) in [5.41, 5.74) is 6.65. The van der Waals surface area contributed by atoms with Gasteiger partial charge in [-0.15, -0.1) is 0 Å². The summed E-state index contributed by atoms with van der Waals surface area (Å²) in [6, 6.07) is 24.2. The predicted octanol–water partition coefficient (Wildman–Crippen LogP) is 6.80. The molecule has 0 radical (unpaired) electrons. The molecular weight excluding hydrogens is 470 g/mol. The average molecular weight is 496 g/mol. The molecule has 3 aromatic carbocycles. The second kappa shape index (κ2) is 9.91. The zero-order valence-electron chi connectivity index (χ0n) is 20.4. The molecule has 5 aromatic rings. The smallest absolute Gasteiger partial charge is 0.196 e. The predicted molar refractivity (Wildman–Crippen MR) is 145 cm³/mol. The summed E-state index contributed by atoms with van der Waals surface area (Å²) in [7, 11) is 0. The van der Waals surface area contributed by atoms with E-state index in [4.69, 9.17) is 16.6 Å². The lowest BCUT2D eigenvalue weighted by Crippen LogP contribution is -2.12. The van der Waals surface area contributed by atoms with E-state index in [1.54, 1.807) is 0 Å². The molecule has 1 N–H and O–H groups in total. The lowest BCUT2D eigenvalue weighted by atomic mass is 10.1. The van der Waals surface area contributed by atoms with Gasteiger partial charge >= 0.3 is 0 Å². The highest BCUT2D eigenvalue weighted by Gasteiger charge is 2.21. The third-order valence-electron chi connectivity index (χ3n) is 6.17. The van der Waals surface area contributed by atoms with Gasteiger partial charge in [-0.2, -0.15) is 0 Å². The lowest BCUT2D eigenvalue weighted by molar-refractivity contribution is 0.111. The molecule has 0 amide bonds. The third kappa shape index (κ3) is 4.86. The van der Waals surface area contributed by atoms with E-state index in [1.807, 2.05) is 43.3 Å². The van der Waals surface area contributed by atoms with Crippen LogP contribution in [-0.2, 0) is 6.54 Å². The van der Waals surface area contributed by atoms with Crippen molar-refractivity contribution in [2.24, 2.45) is 0 Å². The van der Waals surface area contributed by atoms with Crippen LogP contribution >= 0.6 is 11.6 Å². The van der Waals surface area contributed by atoms with E-state index >= 15 is 0 Å². The number of nitrogens with one attached hydrogen (secondary N) is 1. The van der Waals surface area contributed by atoms with Gasteiger partial charge in [0, 0.05) is 17.1 Å². The number of nitrogens with zero attached hydrogens (tertiary/aromatic N) is 4. The largest absolute Gasteiger partial charge is 0.362 e. The van der Waals surface area contributed by atoms with Crippen LogP contribution in [0.15, 0.2) is 72.8 Å². The van der Waals surface area contributed by atoms with Crippen molar-refractivity contribution < 1.29 is 4.79 Å². The van der Waals surface area contributed by atoms with Crippen LogP contribution in [0.2, 0.25) is 5.02 Å². The quantitative estimate of drug-likeness (QED) is 0.251. The molecule has 0 fully saturated rings. The molecule has 2 aromatic heterocycles. The van der Waals surface area contributed by atoms with Crippen molar-refractivity contribution in [2.75, 3.05) is 5.32 Å². The van der Waals surface area contributed by atoms with E-state index < -0.39 is 0 Å². The molecule has 0 saturated carbocycles. The standard InChI is InChI=1S/C29H26ClN5O/c1-18-10-12-21(13-11-18)16-35-26-27(31-20(3)22-7-5-9-24(30)15-22)32-25(17-36)33-28(26)34-29(35)23-8-4-6-19(2)14-23/h4-15,17,20H,16H2,1-3H3,(H,31,32,33)/t20-/m1/s1.